The number of anilines is 1. The van der Waals surface area contributed by atoms with E-state index in [1.807, 2.05) is 0 Å². The van der Waals surface area contributed by atoms with E-state index in [1.165, 1.54) is 16.8 Å². The molecule has 0 aromatic carbocycles. The van der Waals surface area contributed by atoms with Crippen molar-refractivity contribution in [3.63, 3.8) is 0 Å². The highest BCUT2D eigenvalue weighted by molar-refractivity contribution is 7.66. The number of nitrogens with zero attached hydrogens (tertiary/aromatic N) is 5. The highest BCUT2D eigenvalue weighted by atomic mass is 31.3. The fourth-order valence-corrected chi connectivity index (χ4v) is 6.32. The Morgan fingerprint density at radius 2 is 2.03 bits per heavy atom. The van der Waals surface area contributed by atoms with E-state index >= 15 is 0 Å². The Morgan fingerprint density at radius 1 is 1.35 bits per heavy atom. The number of nitrogens with two attached hydrogens (primary N) is 1. The first kappa shape index (κ1) is 29.3. The van der Waals surface area contributed by atoms with Crippen LogP contribution in [-0.4, -0.2) is 58.9 Å². The average molecular weight is 593 g/mol. The lowest BCUT2D eigenvalue weighted by Gasteiger charge is -2.24. The smallest absolute Gasteiger partial charge is 0.369 e. The Kier molecular flexibility index (Phi) is 8.34. The number of phosphoric ester groups is 1. The number of aromatic nitrogens is 3. The Balaban J connectivity index is 1.83. The van der Waals surface area contributed by atoms with Gasteiger partial charge in [-0.15, -0.1) is 0 Å². The van der Waals surface area contributed by atoms with Gasteiger partial charge in [0.2, 0.25) is 5.95 Å². The van der Waals surface area contributed by atoms with Gasteiger partial charge in [-0.3, -0.25) is 14.3 Å². The number of alkyl halides is 1. The van der Waals surface area contributed by atoms with E-state index in [1.54, 1.807) is 0 Å². The van der Waals surface area contributed by atoms with Crippen molar-refractivity contribution in [3.8, 4) is 0 Å². The summed E-state index contributed by atoms with van der Waals surface area (Å²) in [6, 6.07) is 1.37. The SMILES string of the molecule is C[C@@](F)(N=[N+]=[N-])OC1C[C@H](n2ccc3c(=O)[nH]c(N)nc32)O[C@@H]1COP(=O)(O)OP(=O)(O)OP(=O)(O)O. The van der Waals surface area contributed by atoms with Crippen molar-refractivity contribution in [3.05, 3.63) is 33.1 Å². The molecule has 20 nitrogen and oxygen atoms in total. The highest BCUT2D eigenvalue weighted by Gasteiger charge is 2.45. The minimum Gasteiger partial charge on any atom is -0.369 e. The molecule has 24 heteroatoms. The summed E-state index contributed by atoms with van der Waals surface area (Å²) >= 11 is 0. The minimum absolute atomic E-state index is 0.0524. The van der Waals surface area contributed by atoms with Crippen molar-refractivity contribution < 1.29 is 60.3 Å². The fourth-order valence-electron chi connectivity index (χ4n) is 3.29. The quantitative estimate of drug-likeness (QED) is 0.0702. The number of H-pyrrole nitrogens is 1. The highest BCUT2D eigenvalue weighted by Crippen LogP contribution is 2.66. The number of nitrogens with one attached hydrogen (secondary N) is 1. The number of hydrogen-bond donors (Lipinski definition) is 6. The lowest BCUT2D eigenvalue weighted by molar-refractivity contribution is -0.178. The molecular weight excluding hydrogens is 574 g/mol. The number of fused-ring (bicyclic) bond motifs is 1. The summed E-state index contributed by atoms with van der Waals surface area (Å²) in [5, 5.41) is 2.94. The Hall–Kier alpha value is -2.21. The second-order valence-electron chi connectivity index (χ2n) is 7.38. The van der Waals surface area contributed by atoms with Crippen molar-refractivity contribution in [2.45, 2.75) is 37.8 Å². The van der Waals surface area contributed by atoms with Gasteiger partial charge in [-0.05, 0) is 16.7 Å². The molecule has 1 aliphatic heterocycles. The molecule has 3 unspecified atom stereocenters. The van der Waals surface area contributed by atoms with Crippen LogP contribution in [0, 0.1) is 0 Å². The van der Waals surface area contributed by atoms with Crippen LogP contribution in [0.3, 0.4) is 0 Å². The maximum atomic E-state index is 14.5. The first-order valence-electron chi connectivity index (χ1n) is 9.63. The van der Waals surface area contributed by atoms with Crippen LogP contribution in [0.15, 0.2) is 22.2 Å². The standard InChI is InChI=1S/C13H19FN7O13P3/c1-13(14,19-20-16)32-7-4-9(21-3-2-6-10(21)17-12(15)18-11(6)22)31-8(7)5-30-36(26,27)34-37(28,29)33-35(23,24)25/h2-3,7-9H,4-5H2,1H3,(H,26,27)(H,28,29)(H2,23,24,25)(H3,15,17,18,22)/t7?,8-,9-,13-/m1/s1. The monoisotopic (exact) mass is 593 g/mol. The van der Waals surface area contributed by atoms with Gasteiger partial charge >= 0.3 is 23.5 Å². The zero-order valence-electron chi connectivity index (χ0n) is 18.3. The number of phosphoric acid groups is 3. The third-order valence-electron chi connectivity index (χ3n) is 4.50. The lowest BCUT2D eigenvalue weighted by atomic mass is 10.2. The summed E-state index contributed by atoms with van der Waals surface area (Å²) in [6.45, 7) is -0.237. The minimum atomic E-state index is -5.79. The predicted molar refractivity (Wildman–Crippen MR) is 117 cm³/mol. The molecule has 1 saturated heterocycles. The molecule has 3 heterocycles. The zero-order valence-corrected chi connectivity index (χ0v) is 21.0. The molecule has 1 aliphatic rings. The molecule has 2 aromatic rings. The molecule has 0 saturated carbocycles. The average Bonchev–Trinajstić information content (AvgIpc) is 3.27. The topological polar surface area (TPSA) is 304 Å². The lowest BCUT2D eigenvalue weighted by Crippen LogP contribution is -2.35. The van der Waals surface area contributed by atoms with E-state index in [4.69, 9.17) is 30.5 Å². The van der Waals surface area contributed by atoms with Crippen LogP contribution in [0.4, 0.5) is 10.3 Å². The van der Waals surface area contributed by atoms with E-state index in [0.29, 0.717) is 0 Å². The number of ether oxygens (including phenoxy) is 2. The molecule has 1 fully saturated rings. The molecule has 0 bridgehead atoms. The summed E-state index contributed by atoms with van der Waals surface area (Å²) in [6.07, 6.45) is -2.75. The zero-order chi connectivity index (χ0) is 27.8. The van der Waals surface area contributed by atoms with Crippen molar-refractivity contribution in [1.82, 2.24) is 14.5 Å². The second-order valence-corrected chi connectivity index (χ2v) is 11.8. The van der Waals surface area contributed by atoms with Gasteiger partial charge in [0.25, 0.3) is 11.5 Å². The summed E-state index contributed by atoms with van der Waals surface area (Å²) < 4.78 is 72.7. The fraction of sp³-hybridized carbons (Fsp3) is 0.538. The number of hydrogen-bond acceptors (Lipinski definition) is 12. The van der Waals surface area contributed by atoms with E-state index in [-0.39, 0.29) is 23.4 Å². The van der Waals surface area contributed by atoms with E-state index in [9.17, 15) is 32.7 Å². The first-order valence-corrected chi connectivity index (χ1v) is 14.2. The largest absolute Gasteiger partial charge is 0.490 e. The predicted octanol–water partition coefficient (Wildman–Crippen LogP) is 1.28. The number of azide groups is 1. The summed E-state index contributed by atoms with van der Waals surface area (Å²) in [5.41, 5.74) is 13.6. The number of nitrogen functional groups attached to an aromatic ring is 1. The van der Waals surface area contributed by atoms with Crippen LogP contribution >= 0.6 is 23.5 Å². The van der Waals surface area contributed by atoms with Gasteiger partial charge in [-0.25, -0.2) is 18.1 Å². The van der Waals surface area contributed by atoms with Gasteiger partial charge in [0.1, 0.15) is 12.3 Å². The maximum absolute atomic E-state index is 14.5. The molecule has 0 radical (unpaired) electrons. The number of rotatable bonds is 11. The van der Waals surface area contributed by atoms with Crippen LogP contribution in [0.5, 0.6) is 0 Å². The van der Waals surface area contributed by atoms with Crippen molar-refractivity contribution >= 4 is 40.4 Å². The molecule has 7 N–H and O–H groups in total. The molecule has 3 rings (SSSR count). The normalized spacial score (nSPS) is 25.2. The van der Waals surface area contributed by atoms with Crippen LogP contribution < -0.4 is 11.3 Å². The number of halogens is 1. The van der Waals surface area contributed by atoms with Crippen molar-refractivity contribution in [2.24, 2.45) is 5.11 Å². The molecular formula is C13H19FN7O13P3. The van der Waals surface area contributed by atoms with Crippen LogP contribution in [0.2, 0.25) is 0 Å². The summed E-state index contributed by atoms with van der Waals surface area (Å²) in [4.78, 5) is 56.8. The summed E-state index contributed by atoms with van der Waals surface area (Å²) in [5.74, 6) is -3.15. The van der Waals surface area contributed by atoms with E-state index in [0.717, 1.165) is 6.92 Å². The summed E-state index contributed by atoms with van der Waals surface area (Å²) in [7, 11) is -16.9. The molecule has 2 aromatic heterocycles. The maximum Gasteiger partial charge on any atom is 0.490 e. The van der Waals surface area contributed by atoms with Crippen LogP contribution in [0.25, 0.3) is 21.5 Å². The molecule has 0 spiro atoms. The first-order chi connectivity index (χ1) is 16.9. The Labute approximate surface area is 204 Å². The molecule has 206 valence electrons. The Morgan fingerprint density at radius 3 is 2.65 bits per heavy atom. The molecule has 37 heavy (non-hydrogen) atoms. The van der Waals surface area contributed by atoms with Crippen molar-refractivity contribution in [2.75, 3.05) is 12.3 Å². The van der Waals surface area contributed by atoms with Gasteiger partial charge in [0.15, 0.2) is 5.65 Å². The van der Waals surface area contributed by atoms with Gasteiger partial charge in [-0.1, -0.05) is 0 Å². The number of aromatic amines is 1. The molecule has 0 aliphatic carbocycles. The molecule has 6 atom stereocenters. The third kappa shape index (κ3) is 7.89. The van der Waals surface area contributed by atoms with Gasteiger partial charge in [0.05, 0.1) is 18.1 Å². The van der Waals surface area contributed by atoms with Crippen LogP contribution in [0.1, 0.15) is 19.6 Å². The third-order valence-corrected chi connectivity index (χ3v) is 8.30. The van der Waals surface area contributed by atoms with E-state index in [2.05, 4.69) is 33.1 Å². The second kappa shape index (κ2) is 10.5. The van der Waals surface area contributed by atoms with Crippen LogP contribution in [-0.2, 0) is 36.3 Å². The van der Waals surface area contributed by atoms with Gasteiger partial charge < -0.3 is 39.3 Å². The Bertz CT molecular complexity index is 1420. The van der Waals surface area contributed by atoms with E-state index < -0.39 is 60.0 Å². The molecule has 0 amide bonds. The van der Waals surface area contributed by atoms with Crippen molar-refractivity contribution in [1.29, 1.82) is 0 Å². The van der Waals surface area contributed by atoms with Gasteiger partial charge in [0, 0.05) is 24.5 Å². The van der Waals surface area contributed by atoms with Gasteiger partial charge in [-0.2, -0.15) is 13.6 Å².